The Morgan fingerprint density at radius 3 is 3.25 bits per heavy atom. The largest absolute Gasteiger partial charge is 0.112 e. The van der Waals surface area contributed by atoms with Gasteiger partial charge in [-0.3, -0.25) is 0 Å². The van der Waals surface area contributed by atoms with E-state index in [-0.39, 0.29) is 0 Å². The Kier molecular flexibility index (Phi) is 1.01. The Morgan fingerprint density at radius 1 is 1.25 bits per heavy atom. The number of hydrogen-bond donors (Lipinski definition) is 0. The summed E-state index contributed by atoms with van der Waals surface area (Å²) in [6.45, 7) is 0. The standard InChI is InChI=1S/C12H8/c1-3-9-7-8-10-4-2-6-12(10)11(9)5-1/h1-5,7H,8H2. The van der Waals surface area contributed by atoms with Crippen molar-refractivity contribution in [3.63, 3.8) is 0 Å². The highest BCUT2D eigenvalue weighted by molar-refractivity contribution is 5.68. The lowest BCUT2D eigenvalue weighted by molar-refractivity contribution is 1.18. The highest BCUT2D eigenvalue weighted by Crippen LogP contribution is 2.37. The van der Waals surface area contributed by atoms with E-state index >= 15 is 0 Å². The normalized spacial score (nSPS) is 22.7. The molecule has 0 spiro atoms. The molecule has 0 saturated carbocycles. The molecule has 0 radical (unpaired) electrons. The highest BCUT2D eigenvalue weighted by Gasteiger charge is 2.20. The first-order valence-electron chi connectivity index (χ1n) is 4.21. The SMILES string of the molecule is C1=CC=C2CC=C3C=CC=C3C=12. The number of hydrogen-bond acceptors (Lipinski definition) is 0. The maximum absolute atomic E-state index is 3.28. The van der Waals surface area contributed by atoms with Gasteiger partial charge in [-0.15, -0.1) is 5.73 Å². The smallest absolute Gasteiger partial charge is 0.0278 e. The van der Waals surface area contributed by atoms with Gasteiger partial charge in [0.25, 0.3) is 0 Å². The highest BCUT2D eigenvalue weighted by atomic mass is 14.2. The maximum atomic E-state index is 3.28. The first-order chi connectivity index (χ1) is 5.95. The van der Waals surface area contributed by atoms with Crippen LogP contribution in [-0.2, 0) is 0 Å². The van der Waals surface area contributed by atoms with Crippen molar-refractivity contribution >= 4 is 0 Å². The summed E-state index contributed by atoms with van der Waals surface area (Å²) in [6, 6.07) is 0. The van der Waals surface area contributed by atoms with Crippen molar-refractivity contribution in [2.45, 2.75) is 6.42 Å². The van der Waals surface area contributed by atoms with E-state index in [1.165, 1.54) is 22.3 Å². The number of rotatable bonds is 0. The molecule has 0 aliphatic heterocycles. The molecule has 0 saturated heterocycles. The average molecular weight is 152 g/mol. The average Bonchev–Trinajstić information content (AvgIpc) is 2.71. The second-order valence-corrected chi connectivity index (χ2v) is 3.18. The van der Waals surface area contributed by atoms with E-state index in [1.807, 2.05) is 6.08 Å². The van der Waals surface area contributed by atoms with Crippen LogP contribution in [0.25, 0.3) is 0 Å². The molecule has 0 atom stereocenters. The molecule has 0 aromatic rings. The van der Waals surface area contributed by atoms with E-state index in [0.29, 0.717) is 0 Å². The molecule has 0 heterocycles. The van der Waals surface area contributed by atoms with Crippen molar-refractivity contribution in [2.75, 3.05) is 0 Å². The van der Waals surface area contributed by atoms with Gasteiger partial charge in [0, 0.05) is 5.57 Å². The summed E-state index contributed by atoms with van der Waals surface area (Å²) in [5.74, 6) is 0. The van der Waals surface area contributed by atoms with Crippen LogP contribution in [0.1, 0.15) is 6.42 Å². The van der Waals surface area contributed by atoms with E-state index in [1.54, 1.807) is 0 Å². The van der Waals surface area contributed by atoms with Crippen molar-refractivity contribution in [3.8, 4) is 0 Å². The monoisotopic (exact) mass is 152 g/mol. The molecule has 0 fully saturated rings. The summed E-state index contributed by atoms with van der Waals surface area (Å²) < 4.78 is 0. The van der Waals surface area contributed by atoms with Crippen molar-refractivity contribution in [3.05, 3.63) is 64.5 Å². The fraction of sp³-hybridized carbons (Fsp3) is 0.0833. The van der Waals surface area contributed by atoms with Crippen molar-refractivity contribution < 1.29 is 0 Å². The Morgan fingerprint density at radius 2 is 2.25 bits per heavy atom. The molecule has 0 aromatic carbocycles. The lowest BCUT2D eigenvalue weighted by Crippen LogP contribution is -1.97. The molecular formula is C12H8. The van der Waals surface area contributed by atoms with Gasteiger partial charge in [0.1, 0.15) is 0 Å². The summed E-state index contributed by atoms with van der Waals surface area (Å²) in [5, 5.41) is 0. The molecule has 0 aromatic heterocycles. The van der Waals surface area contributed by atoms with Crippen LogP contribution in [0.5, 0.6) is 0 Å². The third kappa shape index (κ3) is 0.628. The van der Waals surface area contributed by atoms with Gasteiger partial charge in [0.05, 0.1) is 0 Å². The van der Waals surface area contributed by atoms with E-state index in [0.717, 1.165) is 6.42 Å². The van der Waals surface area contributed by atoms with Crippen LogP contribution < -0.4 is 0 Å². The van der Waals surface area contributed by atoms with Crippen LogP contribution in [0.4, 0.5) is 0 Å². The van der Waals surface area contributed by atoms with Crippen molar-refractivity contribution in [1.29, 1.82) is 0 Å². The molecule has 0 bridgehead atoms. The maximum Gasteiger partial charge on any atom is 0.0278 e. The van der Waals surface area contributed by atoms with Crippen molar-refractivity contribution in [2.24, 2.45) is 0 Å². The van der Waals surface area contributed by atoms with Gasteiger partial charge < -0.3 is 0 Å². The van der Waals surface area contributed by atoms with Gasteiger partial charge in [0.2, 0.25) is 0 Å². The second-order valence-electron chi connectivity index (χ2n) is 3.18. The summed E-state index contributed by atoms with van der Waals surface area (Å²) in [4.78, 5) is 0. The van der Waals surface area contributed by atoms with Crippen LogP contribution in [0.3, 0.4) is 0 Å². The summed E-state index contributed by atoms with van der Waals surface area (Å²) >= 11 is 0. The van der Waals surface area contributed by atoms with Crippen LogP contribution >= 0.6 is 0 Å². The van der Waals surface area contributed by atoms with Gasteiger partial charge in [-0.1, -0.05) is 24.3 Å². The van der Waals surface area contributed by atoms with Crippen LogP contribution in [0.15, 0.2) is 64.5 Å². The third-order valence-corrected chi connectivity index (χ3v) is 2.49. The fourth-order valence-corrected chi connectivity index (χ4v) is 1.88. The fourth-order valence-electron chi connectivity index (χ4n) is 1.88. The van der Waals surface area contributed by atoms with E-state index in [9.17, 15) is 0 Å². The number of allylic oxidation sites excluding steroid dienone is 9. The topological polar surface area (TPSA) is 0 Å². The molecule has 0 amide bonds. The zero-order valence-corrected chi connectivity index (χ0v) is 6.67. The van der Waals surface area contributed by atoms with Crippen LogP contribution in [0.2, 0.25) is 0 Å². The predicted molar refractivity (Wildman–Crippen MR) is 49.6 cm³/mol. The molecular weight excluding hydrogens is 144 g/mol. The van der Waals surface area contributed by atoms with E-state index < -0.39 is 0 Å². The molecule has 56 valence electrons. The second kappa shape index (κ2) is 2.00. The molecule has 0 unspecified atom stereocenters. The molecule has 3 aliphatic rings. The Hall–Kier alpha value is -1.52. The van der Waals surface area contributed by atoms with Crippen LogP contribution in [0, 0.1) is 0 Å². The molecule has 0 heteroatoms. The minimum atomic E-state index is 1.07. The Balaban J connectivity index is 2.26. The van der Waals surface area contributed by atoms with Gasteiger partial charge >= 0.3 is 0 Å². The molecule has 0 nitrogen and oxygen atoms in total. The lowest BCUT2D eigenvalue weighted by Gasteiger charge is -2.14. The first-order valence-corrected chi connectivity index (χ1v) is 4.21. The predicted octanol–water partition coefficient (Wildman–Crippen LogP) is 2.83. The van der Waals surface area contributed by atoms with Crippen molar-refractivity contribution in [1.82, 2.24) is 0 Å². The molecule has 0 N–H and O–H groups in total. The minimum absolute atomic E-state index is 1.07. The first kappa shape index (κ1) is 6.05. The van der Waals surface area contributed by atoms with Gasteiger partial charge in [-0.2, -0.15) is 0 Å². The minimum Gasteiger partial charge on any atom is -0.112 e. The Labute approximate surface area is 71.6 Å². The van der Waals surface area contributed by atoms with E-state index in [4.69, 9.17) is 0 Å². The molecule has 3 aliphatic carbocycles. The zero-order valence-electron chi connectivity index (χ0n) is 6.67. The third-order valence-electron chi connectivity index (χ3n) is 2.49. The van der Waals surface area contributed by atoms with Crippen LogP contribution in [-0.4, -0.2) is 0 Å². The lowest BCUT2D eigenvalue weighted by atomic mass is 9.88. The van der Waals surface area contributed by atoms with Gasteiger partial charge in [-0.25, -0.2) is 0 Å². The van der Waals surface area contributed by atoms with Gasteiger partial charge in [-0.05, 0) is 35.3 Å². The van der Waals surface area contributed by atoms with Gasteiger partial charge in [0.15, 0.2) is 0 Å². The quantitative estimate of drug-likeness (QED) is 0.468. The molecule has 12 heavy (non-hydrogen) atoms. The molecule has 3 rings (SSSR count). The Bertz CT molecular complexity index is 431. The summed E-state index contributed by atoms with van der Waals surface area (Å²) in [7, 11) is 0. The zero-order chi connectivity index (χ0) is 7.97. The summed E-state index contributed by atoms with van der Waals surface area (Å²) in [5.41, 5.74) is 8.71. The van der Waals surface area contributed by atoms with E-state index in [2.05, 4.69) is 36.1 Å². The number of fused-ring (bicyclic) bond motifs is 3. The summed E-state index contributed by atoms with van der Waals surface area (Å²) in [6.07, 6.45) is 14.0.